The van der Waals surface area contributed by atoms with Crippen molar-refractivity contribution in [3.63, 3.8) is 0 Å². The Hall–Kier alpha value is -2.09. The Kier molecular flexibility index (Phi) is 6.20. The minimum absolute atomic E-state index is 0.143. The molecule has 0 saturated heterocycles. The molecule has 0 amide bonds. The van der Waals surface area contributed by atoms with Crippen LogP contribution in [0.2, 0.25) is 0 Å². The lowest BCUT2D eigenvalue weighted by Gasteiger charge is -2.06. The number of ether oxygens (including phenoxy) is 1. The largest absolute Gasteiger partial charge is 0.494 e. The predicted octanol–water partition coefficient (Wildman–Crippen LogP) is 4.85. The van der Waals surface area contributed by atoms with Crippen LogP contribution in [0.3, 0.4) is 0 Å². The van der Waals surface area contributed by atoms with Crippen LogP contribution in [0.1, 0.15) is 48.2 Å². The van der Waals surface area contributed by atoms with Gasteiger partial charge in [0, 0.05) is 12.0 Å². The van der Waals surface area contributed by atoms with Gasteiger partial charge in [0.2, 0.25) is 0 Å². The van der Waals surface area contributed by atoms with Crippen molar-refractivity contribution >= 4 is 5.78 Å². The Morgan fingerprint density at radius 1 is 0.909 bits per heavy atom. The molecule has 2 aromatic carbocycles. The standard InChI is InChI=1S/C20H24O2/c1-3-5-6-16-7-9-17(10-8-16)15-20(21)18-11-13-19(14-12-18)22-4-2/h7-14H,3-6,15H2,1-2H3. The molecule has 22 heavy (non-hydrogen) atoms. The van der Waals surface area contributed by atoms with Gasteiger partial charge in [-0.15, -0.1) is 0 Å². The smallest absolute Gasteiger partial charge is 0.167 e. The molecule has 0 radical (unpaired) electrons. The van der Waals surface area contributed by atoms with E-state index >= 15 is 0 Å². The molecule has 0 N–H and O–H groups in total. The predicted molar refractivity (Wildman–Crippen MR) is 90.7 cm³/mol. The highest BCUT2D eigenvalue weighted by atomic mass is 16.5. The molecule has 2 nitrogen and oxygen atoms in total. The topological polar surface area (TPSA) is 26.3 Å². The number of hydrogen-bond acceptors (Lipinski definition) is 2. The molecule has 0 aliphatic rings. The first-order valence-corrected chi connectivity index (χ1v) is 8.06. The van der Waals surface area contributed by atoms with E-state index in [4.69, 9.17) is 4.74 Å². The third kappa shape index (κ3) is 4.73. The molecule has 2 heteroatoms. The van der Waals surface area contributed by atoms with Crippen molar-refractivity contribution < 1.29 is 9.53 Å². The summed E-state index contributed by atoms with van der Waals surface area (Å²) in [5.41, 5.74) is 3.15. The summed E-state index contributed by atoms with van der Waals surface area (Å²) in [7, 11) is 0. The van der Waals surface area contributed by atoms with E-state index in [-0.39, 0.29) is 5.78 Å². The highest BCUT2D eigenvalue weighted by molar-refractivity contribution is 5.97. The second kappa shape index (κ2) is 8.38. The van der Waals surface area contributed by atoms with E-state index in [2.05, 4.69) is 31.2 Å². The summed E-state index contributed by atoms with van der Waals surface area (Å²) in [6.07, 6.45) is 3.98. The van der Waals surface area contributed by atoms with Crippen molar-refractivity contribution in [2.45, 2.75) is 39.5 Å². The minimum atomic E-state index is 0.143. The summed E-state index contributed by atoms with van der Waals surface area (Å²) in [5, 5.41) is 0. The molecule has 0 fully saturated rings. The van der Waals surface area contributed by atoms with E-state index in [1.807, 2.05) is 31.2 Å². The number of aryl methyl sites for hydroxylation is 1. The molecular formula is C20H24O2. The molecule has 0 spiro atoms. The van der Waals surface area contributed by atoms with E-state index in [0.717, 1.165) is 23.3 Å². The van der Waals surface area contributed by atoms with Crippen LogP contribution in [0.15, 0.2) is 48.5 Å². The Balaban J connectivity index is 1.96. The van der Waals surface area contributed by atoms with Crippen LogP contribution in [-0.4, -0.2) is 12.4 Å². The summed E-state index contributed by atoms with van der Waals surface area (Å²) in [6, 6.07) is 15.8. The molecule has 2 aromatic rings. The monoisotopic (exact) mass is 296 g/mol. The molecule has 0 atom stereocenters. The number of ketones is 1. The maximum atomic E-state index is 12.3. The summed E-state index contributed by atoms with van der Waals surface area (Å²) >= 11 is 0. The van der Waals surface area contributed by atoms with Gasteiger partial charge in [-0.25, -0.2) is 0 Å². The van der Waals surface area contributed by atoms with E-state index in [1.165, 1.54) is 18.4 Å². The number of benzene rings is 2. The molecule has 116 valence electrons. The zero-order valence-electron chi connectivity index (χ0n) is 13.5. The van der Waals surface area contributed by atoms with E-state index in [9.17, 15) is 4.79 Å². The van der Waals surface area contributed by atoms with Crippen molar-refractivity contribution in [3.8, 4) is 5.75 Å². The molecule has 0 bridgehead atoms. The van der Waals surface area contributed by atoms with Crippen LogP contribution in [0.4, 0.5) is 0 Å². The van der Waals surface area contributed by atoms with Crippen molar-refractivity contribution in [2.24, 2.45) is 0 Å². The molecule has 0 aliphatic heterocycles. The lowest BCUT2D eigenvalue weighted by atomic mass is 10.0. The van der Waals surface area contributed by atoms with Gasteiger partial charge in [0.1, 0.15) is 5.75 Å². The van der Waals surface area contributed by atoms with E-state index in [1.54, 1.807) is 0 Å². The van der Waals surface area contributed by atoms with Gasteiger partial charge in [-0.2, -0.15) is 0 Å². The Bertz CT molecular complexity index is 582. The molecule has 0 aromatic heterocycles. The highest BCUT2D eigenvalue weighted by Gasteiger charge is 2.07. The Morgan fingerprint density at radius 3 is 2.14 bits per heavy atom. The summed E-state index contributed by atoms with van der Waals surface area (Å²) in [6.45, 7) is 4.78. The molecule has 0 aliphatic carbocycles. The third-order valence-electron chi connectivity index (χ3n) is 3.69. The molecule has 0 unspecified atom stereocenters. The first-order valence-electron chi connectivity index (χ1n) is 8.06. The van der Waals surface area contributed by atoms with Crippen molar-refractivity contribution in [1.29, 1.82) is 0 Å². The molecule has 0 saturated carbocycles. The summed E-state index contributed by atoms with van der Waals surface area (Å²) in [4.78, 5) is 12.3. The van der Waals surface area contributed by atoms with E-state index in [0.29, 0.717) is 13.0 Å². The quantitative estimate of drug-likeness (QED) is 0.651. The zero-order chi connectivity index (χ0) is 15.8. The van der Waals surface area contributed by atoms with Crippen LogP contribution in [0, 0.1) is 0 Å². The highest BCUT2D eigenvalue weighted by Crippen LogP contribution is 2.15. The number of carbonyl (C=O) groups excluding carboxylic acids is 1. The van der Waals surface area contributed by atoms with Crippen molar-refractivity contribution in [2.75, 3.05) is 6.61 Å². The third-order valence-corrected chi connectivity index (χ3v) is 3.69. The van der Waals surface area contributed by atoms with Gasteiger partial charge >= 0.3 is 0 Å². The van der Waals surface area contributed by atoms with Crippen LogP contribution >= 0.6 is 0 Å². The summed E-state index contributed by atoms with van der Waals surface area (Å²) in [5.74, 6) is 0.948. The first kappa shape index (κ1) is 16.3. The molecular weight excluding hydrogens is 272 g/mol. The lowest BCUT2D eigenvalue weighted by Crippen LogP contribution is -2.03. The minimum Gasteiger partial charge on any atom is -0.494 e. The first-order chi connectivity index (χ1) is 10.7. The number of hydrogen-bond donors (Lipinski definition) is 0. The van der Waals surface area contributed by atoms with E-state index < -0.39 is 0 Å². The molecule has 2 rings (SSSR count). The fraction of sp³-hybridized carbons (Fsp3) is 0.350. The number of Topliss-reactive ketones (excluding diaryl/α,β-unsaturated/α-hetero) is 1. The zero-order valence-corrected chi connectivity index (χ0v) is 13.5. The maximum absolute atomic E-state index is 12.3. The average Bonchev–Trinajstić information content (AvgIpc) is 2.55. The average molecular weight is 296 g/mol. The summed E-state index contributed by atoms with van der Waals surface area (Å²) < 4.78 is 5.39. The van der Waals surface area contributed by atoms with Crippen molar-refractivity contribution in [1.82, 2.24) is 0 Å². The van der Waals surface area contributed by atoms with Gasteiger partial charge in [0.25, 0.3) is 0 Å². The number of carbonyl (C=O) groups is 1. The maximum Gasteiger partial charge on any atom is 0.167 e. The van der Waals surface area contributed by atoms with Crippen LogP contribution in [-0.2, 0) is 12.8 Å². The van der Waals surface area contributed by atoms with Crippen LogP contribution < -0.4 is 4.74 Å². The van der Waals surface area contributed by atoms with Gasteiger partial charge in [-0.05, 0) is 55.2 Å². The Morgan fingerprint density at radius 2 is 1.55 bits per heavy atom. The number of rotatable bonds is 8. The van der Waals surface area contributed by atoms with Crippen LogP contribution in [0.25, 0.3) is 0 Å². The second-order valence-corrected chi connectivity index (χ2v) is 5.48. The fourth-order valence-electron chi connectivity index (χ4n) is 2.40. The van der Waals surface area contributed by atoms with Crippen molar-refractivity contribution in [3.05, 3.63) is 65.2 Å². The molecule has 0 heterocycles. The fourth-order valence-corrected chi connectivity index (χ4v) is 2.40. The van der Waals surface area contributed by atoms with Crippen LogP contribution in [0.5, 0.6) is 5.75 Å². The number of unbranched alkanes of at least 4 members (excludes halogenated alkanes) is 1. The van der Waals surface area contributed by atoms with Gasteiger partial charge in [0.15, 0.2) is 5.78 Å². The second-order valence-electron chi connectivity index (χ2n) is 5.48. The SMILES string of the molecule is CCCCc1ccc(CC(=O)c2ccc(OCC)cc2)cc1. The van der Waals surface area contributed by atoms with Gasteiger partial charge < -0.3 is 4.74 Å². The Labute approximate surface area is 133 Å². The van der Waals surface area contributed by atoms with Gasteiger partial charge in [-0.1, -0.05) is 37.6 Å². The lowest BCUT2D eigenvalue weighted by molar-refractivity contribution is 0.0993. The van der Waals surface area contributed by atoms with Gasteiger partial charge in [0.05, 0.1) is 6.61 Å². The van der Waals surface area contributed by atoms with Gasteiger partial charge in [-0.3, -0.25) is 4.79 Å². The normalized spacial score (nSPS) is 10.5.